The molecule has 27 heavy (non-hydrogen) atoms. The highest BCUT2D eigenvalue weighted by Crippen LogP contribution is 2.41. The third-order valence-corrected chi connectivity index (χ3v) is 4.80. The van der Waals surface area contributed by atoms with Crippen LogP contribution >= 0.6 is 0 Å². The maximum Gasteiger partial charge on any atom is 0.330 e. The molecule has 0 bridgehead atoms. The lowest BCUT2D eigenvalue weighted by atomic mass is 10.0. The molecule has 1 heterocycles. The average Bonchev–Trinajstić information content (AvgIpc) is 3.15. The smallest absolute Gasteiger partial charge is 0.330 e. The first kappa shape index (κ1) is 18.6. The van der Waals surface area contributed by atoms with Gasteiger partial charge in [0, 0.05) is 18.7 Å². The van der Waals surface area contributed by atoms with Crippen LogP contribution in [-0.2, 0) is 9.53 Å². The summed E-state index contributed by atoms with van der Waals surface area (Å²) >= 11 is 0. The molecule has 6 heteroatoms. The van der Waals surface area contributed by atoms with Gasteiger partial charge in [0.1, 0.15) is 5.69 Å². The Morgan fingerprint density at radius 2 is 2.11 bits per heavy atom. The normalized spacial score (nSPS) is 16.7. The van der Waals surface area contributed by atoms with E-state index >= 15 is 0 Å². The van der Waals surface area contributed by atoms with Crippen molar-refractivity contribution in [1.29, 1.82) is 0 Å². The van der Waals surface area contributed by atoms with Crippen LogP contribution in [0.2, 0.25) is 0 Å². The first-order chi connectivity index (χ1) is 13.0. The van der Waals surface area contributed by atoms with E-state index in [0.717, 1.165) is 19.4 Å². The number of nitro groups is 1. The van der Waals surface area contributed by atoms with Crippen LogP contribution in [0.3, 0.4) is 0 Å². The third kappa shape index (κ3) is 4.16. The average molecular weight is 366 g/mol. The number of benzene rings is 2. The fourth-order valence-electron chi connectivity index (χ4n) is 3.54. The summed E-state index contributed by atoms with van der Waals surface area (Å²) in [5.41, 5.74) is 3.59. The number of hydrogen-bond acceptors (Lipinski definition) is 5. The van der Waals surface area contributed by atoms with Crippen molar-refractivity contribution in [3.05, 3.63) is 75.3 Å². The van der Waals surface area contributed by atoms with E-state index in [2.05, 4.69) is 21.8 Å². The summed E-state index contributed by atoms with van der Waals surface area (Å²) in [6.07, 6.45) is 4.72. The molecule has 1 unspecified atom stereocenters. The molecule has 1 saturated heterocycles. The number of carbonyl (C=O) groups is 1. The predicted molar refractivity (Wildman–Crippen MR) is 105 cm³/mol. The molecule has 1 atom stereocenters. The fraction of sp³-hybridized carbons (Fsp3) is 0.286. The summed E-state index contributed by atoms with van der Waals surface area (Å²) < 4.78 is 4.56. The molecular weight excluding hydrogens is 344 g/mol. The molecule has 3 rings (SSSR count). The Hall–Kier alpha value is -3.15. The minimum atomic E-state index is -0.499. The second kappa shape index (κ2) is 8.03. The Bertz CT molecular complexity index is 892. The summed E-state index contributed by atoms with van der Waals surface area (Å²) in [4.78, 5) is 24.7. The molecule has 0 amide bonds. The molecule has 2 aromatic rings. The molecule has 1 fully saturated rings. The van der Waals surface area contributed by atoms with Gasteiger partial charge in [0.05, 0.1) is 18.1 Å². The molecular formula is C21H22N2O4. The van der Waals surface area contributed by atoms with Crippen LogP contribution in [-0.4, -0.2) is 24.5 Å². The van der Waals surface area contributed by atoms with Gasteiger partial charge in [-0.1, -0.05) is 35.9 Å². The van der Waals surface area contributed by atoms with E-state index in [9.17, 15) is 14.9 Å². The van der Waals surface area contributed by atoms with E-state index in [-0.39, 0.29) is 16.7 Å². The lowest BCUT2D eigenvalue weighted by Crippen LogP contribution is -2.23. The van der Waals surface area contributed by atoms with E-state index in [1.165, 1.54) is 36.5 Å². The van der Waals surface area contributed by atoms with Gasteiger partial charge in [-0.3, -0.25) is 10.1 Å². The number of aryl methyl sites for hydroxylation is 1. The predicted octanol–water partition coefficient (Wildman–Crippen LogP) is 4.43. The van der Waals surface area contributed by atoms with Gasteiger partial charge in [-0.25, -0.2) is 4.79 Å². The van der Waals surface area contributed by atoms with E-state index < -0.39 is 5.97 Å². The quantitative estimate of drug-likeness (QED) is 0.339. The Labute approximate surface area is 158 Å². The molecule has 0 spiro atoms. The zero-order valence-electron chi connectivity index (χ0n) is 15.4. The van der Waals surface area contributed by atoms with Crippen molar-refractivity contribution >= 4 is 23.4 Å². The number of nitro benzene ring substituents is 1. The summed E-state index contributed by atoms with van der Waals surface area (Å²) in [7, 11) is 1.29. The Kier molecular flexibility index (Phi) is 5.54. The number of ether oxygens (including phenoxy) is 1. The first-order valence-corrected chi connectivity index (χ1v) is 8.87. The van der Waals surface area contributed by atoms with Gasteiger partial charge in [0.2, 0.25) is 0 Å². The van der Waals surface area contributed by atoms with Crippen molar-refractivity contribution in [3.8, 4) is 0 Å². The maximum atomic E-state index is 11.7. The number of nitrogens with zero attached hydrogens (tertiary/aromatic N) is 2. The highest BCUT2D eigenvalue weighted by Gasteiger charge is 2.30. The van der Waals surface area contributed by atoms with Crippen LogP contribution in [0.15, 0.2) is 48.5 Å². The molecule has 0 radical (unpaired) electrons. The molecule has 1 aliphatic rings. The first-order valence-electron chi connectivity index (χ1n) is 8.87. The molecule has 0 aromatic heterocycles. The number of rotatable bonds is 5. The van der Waals surface area contributed by atoms with Crippen LogP contribution in [0, 0.1) is 17.0 Å². The number of anilines is 1. The zero-order valence-corrected chi connectivity index (χ0v) is 15.4. The summed E-state index contributed by atoms with van der Waals surface area (Å²) in [5, 5.41) is 11.7. The second-order valence-electron chi connectivity index (χ2n) is 6.63. The standard InChI is InChI=1S/C21H22N2O4/c1-15-5-3-6-17(13-15)18-7-4-12-22(18)19-10-8-16(9-11-21(24)27-2)14-20(19)23(25)26/h3,5-6,8-11,13-14,18H,4,7,12H2,1-2H3. The third-order valence-electron chi connectivity index (χ3n) is 4.80. The van der Waals surface area contributed by atoms with Gasteiger partial charge in [0.15, 0.2) is 0 Å². The molecule has 140 valence electrons. The van der Waals surface area contributed by atoms with Crippen LogP contribution in [0.25, 0.3) is 6.08 Å². The topological polar surface area (TPSA) is 72.7 Å². The van der Waals surface area contributed by atoms with Crippen LogP contribution in [0.5, 0.6) is 0 Å². The molecule has 2 aromatic carbocycles. The summed E-state index contributed by atoms with van der Waals surface area (Å²) in [6.45, 7) is 2.82. The Morgan fingerprint density at radius 3 is 2.81 bits per heavy atom. The van der Waals surface area contributed by atoms with Crippen molar-refractivity contribution < 1.29 is 14.5 Å². The molecule has 0 N–H and O–H groups in total. The van der Waals surface area contributed by atoms with Gasteiger partial charge in [-0.15, -0.1) is 0 Å². The van der Waals surface area contributed by atoms with E-state index in [4.69, 9.17) is 0 Å². The van der Waals surface area contributed by atoms with Gasteiger partial charge in [0.25, 0.3) is 5.69 Å². The number of hydrogen-bond donors (Lipinski definition) is 0. The second-order valence-corrected chi connectivity index (χ2v) is 6.63. The van der Waals surface area contributed by atoms with E-state index in [0.29, 0.717) is 11.3 Å². The molecule has 0 saturated carbocycles. The highest BCUT2D eigenvalue weighted by atomic mass is 16.6. The Balaban J connectivity index is 1.96. The summed E-state index contributed by atoms with van der Waals surface area (Å²) in [6, 6.07) is 13.5. The van der Waals surface area contributed by atoms with E-state index in [1.807, 2.05) is 19.1 Å². The number of carbonyl (C=O) groups excluding carboxylic acids is 1. The monoisotopic (exact) mass is 366 g/mol. The number of esters is 1. The maximum absolute atomic E-state index is 11.7. The number of methoxy groups -OCH3 is 1. The van der Waals surface area contributed by atoms with Crippen molar-refractivity contribution in [1.82, 2.24) is 0 Å². The Morgan fingerprint density at radius 1 is 1.30 bits per heavy atom. The van der Waals surface area contributed by atoms with Gasteiger partial charge in [-0.05, 0) is 43.0 Å². The molecule has 1 aliphatic heterocycles. The largest absolute Gasteiger partial charge is 0.466 e. The SMILES string of the molecule is COC(=O)C=Cc1ccc(N2CCCC2c2cccc(C)c2)c([N+](=O)[O-])c1. The lowest BCUT2D eigenvalue weighted by Gasteiger charge is -2.27. The fourth-order valence-corrected chi connectivity index (χ4v) is 3.54. The van der Waals surface area contributed by atoms with Crippen LogP contribution < -0.4 is 4.90 Å². The lowest BCUT2D eigenvalue weighted by molar-refractivity contribution is -0.384. The van der Waals surface area contributed by atoms with Crippen molar-refractivity contribution in [2.75, 3.05) is 18.6 Å². The van der Waals surface area contributed by atoms with Gasteiger partial charge >= 0.3 is 5.97 Å². The minimum absolute atomic E-state index is 0.0431. The van der Waals surface area contributed by atoms with Gasteiger partial charge < -0.3 is 9.64 Å². The molecule has 0 aliphatic carbocycles. The van der Waals surface area contributed by atoms with E-state index in [1.54, 1.807) is 12.1 Å². The zero-order chi connectivity index (χ0) is 19.4. The molecule has 6 nitrogen and oxygen atoms in total. The van der Waals surface area contributed by atoms with Crippen LogP contribution in [0.4, 0.5) is 11.4 Å². The summed E-state index contributed by atoms with van der Waals surface area (Å²) in [5.74, 6) is -0.499. The highest BCUT2D eigenvalue weighted by molar-refractivity contribution is 5.87. The van der Waals surface area contributed by atoms with Crippen molar-refractivity contribution in [2.45, 2.75) is 25.8 Å². The minimum Gasteiger partial charge on any atom is -0.466 e. The van der Waals surface area contributed by atoms with Crippen molar-refractivity contribution in [2.24, 2.45) is 0 Å². The van der Waals surface area contributed by atoms with Gasteiger partial charge in [-0.2, -0.15) is 0 Å². The van der Waals surface area contributed by atoms with Crippen LogP contribution in [0.1, 0.15) is 35.6 Å². The van der Waals surface area contributed by atoms with Crippen molar-refractivity contribution in [3.63, 3.8) is 0 Å².